The largest absolute Gasteiger partial charge is 0.450 e. The minimum atomic E-state index is -0.444. The molecule has 0 spiro atoms. The summed E-state index contributed by atoms with van der Waals surface area (Å²) < 4.78 is 9.29. The van der Waals surface area contributed by atoms with Crippen molar-refractivity contribution in [1.82, 2.24) is 34.4 Å². The topological polar surface area (TPSA) is 126 Å². The van der Waals surface area contributed by atoms with Crippen LogP contribution in [0.1, 0.15) is 32.3 Å². The van der Waals surface area contributed by atoms with Crippen molar-refractivity contribution in [3.8, 4) is 0 Å². The highest BCUT2D eigenvalue weighted by Crippen LogP contribution is 2.19. The van der Waals surface area contributed by atoms with Crippen LogP contribution in [0, 0.1) is 5.92 Å². The van der Waals surface area contributed by atoms with Crippen molar-refractivity contribution in [3.05, 3.63) is 41.7 Å². The Bertz CT molecular complexity index is 1270. The van der Waals surface area contributed by atoms with Gasteiger partial charge in [0.2, 0.25) is 5.28 Å². The Morgan fingerprint density at radius 1 is 1.18 bits per heavy atom. The lowest BCUT2D eigenvalue weighted by Crippen LogP contribution is -2.24. The summed E-state index contributed by atoms with van der Waals surface area (Å²) in [7, 11) is 0. The van der Waals surface area contributed by atoms with Crippen LogP contribution in [0.15, 0.2) is 30.9 Å². The van der Waals surface area contributed by atoms with E-state index in [-0.39, 0.29) is 11.1 Å². The third-order valence-corrected chi connectivity index (χ3v) is 5.34. The van der Waals surface area contributed by atoms with E-state index in [1.165, 1.54) is 0 Å². The number of nitrogens with zero attached hydrogens (tertiary/aromatic N) is 6. The molecule has 1 aromatic carbocycles. The standard InChI is InChI=1S/C22H27ClN8O2/c1-14(2)11-31-12-26-16-9-15(5-6-17(16)31)10-25-22(32)33-8-4-3-7-30-13-27-18-19(24)28-21(23)29-20(18)30/h5-6,9,12-14H,3-4,7-8,10-11H2,1-2H3,(H,25,32)(H2,24,28,29). The van der Waals surface area contributed by atoms with Gasteiger partial charge in [0, 0.05) is 19.6 Å². The number of unbranched alkanes of at least 4 members (excludes halogenated alkanes) is 1. The number of hydrogen-bond donors (Lipinski definition) is 2. The molecule has 0 bridgehead atoms. The number of carbonyl (C=O) groups excluding carboxylic acids is 1. The first-order valence-corrected chi connectivity index (χ1v) is 11.3. The molecule has 0 atom stereocenters. The number of nitrogens with two attached hydrogens (primary N) is 1. The normalized spacial score (nSPS) is 11.5. The fraction of sp³-hybridized carbons (Fsp3) is 0.409. The summed E-state index contributed by atoms with van der Waals surface area (Å²) in [6.45, 7) is 6.63. The zero-order valence-corrected chi connectivity index (χ0v) is 19.4. The van der Waals surface area contributed by atoms with Crippen LogP contribution in [0.2, 0.25) is 5.28 Å². The Labute approximate surface area is 196 Å². The molecule has 0 fully saturated rings. The molecule has 10 nitrogen and oxygen atoms in total. The molecule has 0 aliphatic rings. The molecule has 4 aromatic rings. The van der Waals surface area contributed by atoms with Gasteiger partial charge in [0.05, 0.1) is 30.3 Å². The maximum Gasteiger partial charge on any atom is 0.407 e. The van der Waals surface area contributed by atoms with Crippen molar-refractivity contribution < 1.29 is 9.53 Å². The summed E-state index contributed by atoms with van der Waals surface area (Å²) in [5, 5.41) is 2.88. The number of hydrogen-bond acceptors (Lipinski definition) is 7. The minimum Gasteiger partial charge on any atom is -0.450 e. The fourth-order valence-electron chi connectivity index (χ4n) is 3.63. The third kappa shape index (κ3) is 5.51. The van der Waals surface area contributed by atoms with E-state index in [1.54, 1.807) is 6.33 Å². The highest BCUT2D eigenvalue weighted by atomic mass is 35.5. The van der Waals surface area contributed by atoms with E-state index in [0.29, 0.717) is 43.2 Å². The molecule has 0 unspecified atom stereocenters. The lowest BCUT2D eigenvalue weighted by Gasteiger charge is -2.09. The van der Waals surface area contributed by atoms with E-state index < -0.39 is 6.09 Å². The van der Waals surface area contributed by atoms with Gasteiger partial charge in [-0.1, -0.05) is 19.9 Å². The lowest BCUT2D eigenvalue weighted by molar-refractivity contribution is 0.143. The van der Waals surface area contributed by atoms with Gasteiger partial charge >= 0.3 is 6.09 Å². The summed E-state index contributed by atoms with van der Waals surface area (Å²) in [5.41, 5.74) is 9.93. The summed E-state index contributed by atoms with van der Waals surface area (Å²) in [6, 6.07) is 6.03. The third-order valence-electron chi connectivity index (χ3n) is 5.17. The molecular formula is C22H27ClN8O2. The van der Waals surface area contributed by atoms with E-state index >= 15 is 0 Å². The predicted molar refractivity (Wildman–Crippen MR) is 127 cm³/mol. The molecule has 3 heterocycles. The van der Waals surface area contributed by atoms with Gasteiger partial charge in [0.15, 0.2) is 11.5 Å². The summed E-state index contributed by atoms with van der Waals surface area (Å²) in [5.74, 6) is 0.802. The van der Waals surface area contributed by atoms with Gasteiger partial charge in [-0.3, -0.25) is 0 Å². The van der Waals surface area contributed by atoms with Crippen LogP contribution < -0.4 is 11.1 Å². The number of aryl methyl sites for hydroxylation is 1. The Hall–Kier alpha value is -3.40. The number of nitrogen functional groups attached to an aromatic ring is 1. The summed E-state index contributed by atoms with van der Waals surface area (Å²) in [6.07, 6.45) is 4.54. The van der Waals surface area contributed by atoms with E-state index in [1.807, 2.05) is 29.1 Å². The molecule has 4 rings (SSSR count). The van der Waals surface area contributed by atoms with Gasteiger partial charge in [-0.05, 0) is 48.1 Å². The number of anilines is 1. The molecule has 3 N–H and O–H groups in total. The molecule has 11 heteroatoms. The van der Waals surface area contributed by atoms with Crippen molar-refractivity contribution >= 4 is 45.7 Å². The average molecular weight is 471 g/mol. The van der Waals surface area contributed by atoms with E-state index in [4.69, 9.17) is 22.1 Å². The van der Waals surface area contributed by atoms with Gasteiger partial charge in [-0.2, -0.15) is 9.97 Å². The van der Waals surface area contributed by atoms with Crippen LogP contribution >= 0.6 is 11.6 Å². The molecule has 174 valence electrons. The fourth-order valence-corrected chi connectivity index (χ4v) is 3.81. The van der Waals surface area contributed by atoms with E-state index in [2.05, 4.69) is 43.7 Å². The number of halogens is 1. The van der Waals surface area contributed by atoms with Crippen LogP contribution in [0.5, 0.6) is 0 Å². The number of imidazole rings is 2. The Morgan fingerprint density at radius 2 is 2.00 bits per heavy atom. The number of amides is 1. The van der Waals surface area contributed by atoms with Gasteiger partial charge < -0.3 is 24.9 Å². The summed E-state index contributed by atoms with van der Waals surface area (Å²) >= 11 is 5.88. The number of alkyl carbamates (subject to hydrolysis) is 1. The number of aromatic nitrogens is 6. The summed E-state index contributed by atoms with van der Waals surface area (Å²) in [4.78, 5) is 28.8. The monoisotopic (exact) mass is 470 g/mol. The van der Waals surface area contributed by atoms with E-state index in [9.17, 15) is 4.79 Å². The molecular weight excluding hydrogens is 444 g/mol. The van der Waals surface area contributed by atoms with Crippen LogP contribution in [0.3, 0.4) is 0 Å². The molecule has 0 saturated carbocycles. The second-order valence-corrected chi connectivity index (χ2v) is 8.64. The highest BCUT2D eigenvalue weighted by Gasteiger charge is 2.11. The van der Waals surface area contributed by atoms with Crippen molar-refractivity contribution in [3.63, 3.8) is 0 Å². The first-order valence-electron chi connectivity index (χ1n) is 10.9. The number of rotatable bonds is 9. The van der Waals surface area contributed by atoms with Crippen molar-refractivity contribution in [2.75, 3.05) is 12.3 Å². The van der Waals surface area contributed by atoms with Gasteiger partial charge in [-0.15, -0.1) is 0 Å². The van der Waals surface area contributed by atoms with Crippen LogP contribution in [-0.2, 0) is 24.4 Å². The predicted octanol–water partition coefficient (Wildman–Crippen LogP) is 3.77. The van der Waals surface area contributed by atoms with Gasteiger partial charge in [-0.25, -0.2) is 14.8 Å². The second-order valence-electron chi connectivity index (χ2n) is 8.30. The Morgan fingerprint density at radius 3 is 2.82 bits per heavy atom. The number of fused-ring (bicyclic) bond motifs is 2. The van der Waals surface area contributed by atoms with Crippen molar-refractivity contribution in [1.29, 1.82) is 0 Å². The molecule has 33 heavy (non-hydrogen) atoms. The zero-order valence-electron chi connectivity index (χ0n) is 18.7. The first-order chi connectivity index (χ1) is 15.9. The average Bonchev–Trinajstić information content (AvgIpc) is 3.35. The maximum atomic E-state index is 12.0. The number of nitrogens with one attached hydrogen (secondary N) is 1. The molecule has 0 aliphatic carbocycles. The number of carbonyl (C=O) groups is 1. The van der Waals surface area contributed by atoms with Crippen LogP contribution in [-0.4, -0.2) is 41.8 Å². The van der Waals surface area contributed by atoms with Crippen LogP contribution in [0.25, 0.3) is 22.2 Å². The Balaban J connectivity index is 1.20. The molecule has 0 aliphatic heterocycles. The molecule has 3 aromatic heterocycles. The first kappa shape index (κ1) is 22.8. The maximum absolute atomic E-state index is 12.0. The molecule has 1 amide bonds. The van der Waals surface area contributed by atoms with Crippen molar-refractivity contribution in [2.45, 2.75) is 46.3 Å². The van der Waals surface area contributed by atoms with Crippen LogP contribution in [0.4, 0.5) is 10.6 Å². The lowest BCUT2D eigenvalue weighted by atomic mass is 10.2. The smallest absolute Gasteiger partial charge is 0.407 e. The highest BCUT2D eigenvalue weighted by molar-refractivity contribution is 6.28. The molecule has 0 saturated heterocycles. The number of benzene rings is 1. The van der Waals surface area contributed by atoms with Crippen molar-refractivity contribution in [2.24, 2.45) is 5.92 Å². The minimum absolute atomic E-state index is 0.0878. The second kappa shape index (κ2) is 10.0. The number of ether oxygens (including phenoxy) is 1. The quantitative estimate of drug-likeness (QED) is 0.281. The SMILES string of the molecule is CC(C)Cn1cnc2cc(CNC(=O)OCCCCn3cnc4c(N)nc(Cl)nc43)ccc21. The van der Waals surface area contributed by atoms with E-state index in [0.717, 1.165) is 29.6 Å². The Kier molecular flexibility index (Phi) is 6.93. The zero-order chi connectivity index (χ0) is 23.4. The molecule has 0 radical (unpaired) electrons. The van der Waals surface area contributed by atoms with Gasteiger partial charge in [0.1, 0.15) is 5.52 Å². The van der Waals surface area contributed by atoms with Gasteiger partial charge in [0.25, 0.3) is 0 Å².